The Kier molecular flexibility index (Phi) is 5.44. The summed E-state index contributed by atoms with van der Waals surface area (Å²) < 4.78 is 9.35. The van der Waals surface area contributed by atoms with Crippen molar-refractivity contribution in [3.63, 3.8) is 0 Å². The number of benzene rings is 7. The van der Waals surface area contributed by atoms with Crippen LogP contribution in [0.1, 0.15) is 0 Å². The van der Waals surface area contributed by atoms with E-state index in [9.17, 15) is 0 Å². The molecule has 0 N–H and O–H groups in total. The van der Waals surface area contributed by atoms with E-state index in [2.05, 4.69) is 184 Å². The van der Waals surface area contributed by atoms with Gasteiger partial charge < -0.3 is 18.8 Å². The third-order valence-electron chi connectivity index (χ3n) is 10.3. The van der Waals surface area contributed by atoms with Gasteiger partial charge in [0.2, 0.25) is 0 Å². The number of anilines is 6. The highest BCUT2D eigenvalue weighted by Gasteiger charge is 2.46. The van der Waals surface area contributed by atoms with E-state index in [1.54, 1.807) is 0 Å². The van der Waals surface area contributed by atoms with Gasteiger partial charge in [-0.1, -0.05) is 97.1 Å². The van der Waals surface area contributed by atoms with Crippen molar-refractivity contribution < 1.29 is 4.42 Å². The molecule has 2 aliphatic rings. The minimum atomic E-state index is -0.0873. The number of aromatic nitrogens is 1. The molecule has 2 aromatic heterocycles. The molecule has 11 rings (SSSR count). The summed E-state index contributed by atoms with van der Waals surface area (Å²) in [7, 11) is 0. The van der Waals surface area contributed by atoms with Crippen LogP contribution in [-0.4, -0.2) is 11.3 Å². The highest BCUT2D eigenvalue weighted by Crippen LogP contribution is 2.46. The maximum atomic E-state index is 6.94. The molecule has 0 saturated carbocycles. The number of furan rings is 1. The SMILES string of the molecule is c1ccc(N2c3cc(-n4c5ccccc5c5ccccc54)ccc3B3c4oc5ccccc5c4N(c4ccccc4)c4cccc2c43)cc1. The first-order chi connectivity index (χ1) is 24.3. The van der Waals surface area contributed by atoms with Crippen molar-refractivity contribution in [3.05, 3.63) is 170 Å². The summed E-state index contributed by atoms with van der Waals surface area (Å²) in [4.78, 5) is 4.84. The lowest BCUT2D eigenvalue weighted by molar-refractivity contribution is 0.651. The maximum Gasteiger partial charge on any atom is 0.297 e. The molecule has 0 fully saturated rings. The Morgan fingerprint density at radius 2 is 1.00 bits per heavy atom. The van der Waals surface area contributed by atoms with Crippen LogP contribution in [0.3, 0.4) is 0 Å². The molecule has 49 heavy (non-hydrogen) atoms. The molecule has 0 atom stereocenters. The molecule has 0 saturated heterocycles. The van der Waals surface area contributed by atoms with Crippen molar-refractivity contribution in [2.75, 3.05) is 9.80 Å². The van der Waals surface area contributed by atoms with Crippen LogP contribution in [-0.2, 0) is 0 Å². The van der Waals surface area contributed by atoms with Crippen LogP contribution in [0.15, 0.2) is 174 Å². The molecule has 0 aliphatic carbocycles. The van der Waals surface area contributed by atoms with Gasteiger partial charge in [0.15, 0.2) is 0 Å². The molecule has 4 heterocycles. The number of hydrogen-bond donors (Lipinski definition) is 0. The van der Waals surface area contributed by atoms with Crippen LogP contribution in [0.5, 0.6) is 0 Å². The number of rotatable bonds is 3. The van der Waals surface area contributed by atoms with Gasteiger partial charge in [-0.2, -0.15) is 0 Å². The van der Waals surface area contributed by atoms with Crippen molar-refractivity contribution in [1.82, 2.24) is 4.57 Å². The molecule has 0 radical (unpaired) electrons. The van der Waals surface area contributed by atoms with Gasteiger partial charge in [0.1, 0.15) is 5.58 Å². The standard InChI is InChI=1S/C44H28BN3O/c1-3-14-29(15-4-1)46-38-23-13-24-39-42(38)45(44-43(34-20-9-12-25-41(34)49-44)48(39)30-16-5-2-6-17-30)35-27-26-31(28-40(35)46)47-36-21-10-7-18-32(36)33-19-8-11-22-37(33)47/h1-28H. The Morgan fingerprint density at radius 1 is 0.429 bits per heavy atom. The largest absolute Gasteiger partial charge is 0.468 e. The van der Waals surface area contributed by atoms with Gasteiger partial charge in [0.25, 0.3) is 6.71 Å². The van der Waals surface area contributed by atoms with Crippen molar-refractivity contribution in [3.8, 4) is 5.69 Å². The van der Waals surface area contributed by atoms with Crippen LogP contribution >= 0.6 is 0 Å². The Morgan fingerprint density at radius 3 is 1.69 bits per heavy atom. The number of fused-ring (bicyclic) bond motifs is 9. The monoisotopic (exact) mass is 625 g/mol. The summed E-state index contributed by atoms with van der Waals surface area (Å²) in [5, 5.41) is 3.63. The lowest BCUT2D eigenvalue weighted by Gasteiger charge is -2.42. The molecule has 228 valence electrons. The number of para-hydroxylation sites is 5. The second-order valence-corrected chi connectivity index (χ2v) is 12.9. The third kappa shape index (κ3) is 3.64. The van der Waals surface area contributed by atoms with Crippen molar-refractivity contribution >= 4 is 90.2 Å². The van der Waals surface area contributed by atoms with E-state index in [1.165, 1.54) is 38.4 Å². The third-order valence-corrected chi connectivity index (χ3v) is 10.3. The van der Waals surface area contributed by atoms with Crippen LogP contribution in [0.2, 0.25) is 0 Å². The molecule has 0 spiro atoms. The fourth-order valence-corrected chi connectivity index (χ4v) is 8.39. The highest BCUT2D eigenvalue weighted by molar-refractivity contribution is 7.00. The van der Waals surface area contributed by atoms with Gasteiger partial charge >= 0.3 is 0 Å². The van der Waals surface area contributed by atoms with E-state index in [0.717, 1.165) is 50.8 Å². The Hall–Kier alpha value is -6.46. The van der Waals surface area contributed by atoms with E-state index in [0.29, 0.717) is 0 Å². The normalized spacial score (nSPS) is 13.2. The summed E-state index contributed by atoms with van der Waals surface area (Å²) in [6.45, 7) is -0.0873. The van der Waals surface area contributed by atoms with Gasteiger partial charge in [0, 0.05) is 50.3 Å². The fraction of sp³-hybridized carbons (Fsp3) is 0. The molecular weight excluding hydrogens is 597 g/mol. The zero-order valence-corrected chi connectivity index (χ0v) is 26.5. The van der Waals surface area contributed by atoms with E-state index in [1.807, 2.05) is 0 Å². The lowest BCUT2D eigenvalue weighted by Crippen LogP contribution is -2.61. The quantitative estimate of drug-likeness (QED) is 0.183. The molecule has 7 aromatic carbocycles. The zero-order valence-electron chi connectivity index (χ0n) is 26.5. The first-order valence-corrected chi connectivity index (χ1v) is 16.8. The summed E-state index contributed by atoms with van der Waals surface area (Å²) in [5.41, 5.74) is 14.7. The van der Waals surface area contributed by atoms with E-state index in [4.69, 9.17) is 4.42 Å². The van der Waals surface area contributed by atoms with E-state index < -0.39 is 0 Å². The van der Waals surface area contributed by atoms with Crippen LogP contribution < -0.4 is 26.4 Å². The Balaban J connectivity index is 1.24. The van der Waals surface area contributed by atoms with Gasteiger partial charge in [-0.05, 0) is 83.7 Å². The number of nitrogens with zero attached hydrogens (tertiary/aromatic N) is 3. The second-order valence-electron chi connectivity index (χ2n) is 12.9. The summed E-state index contributed by atoms with van der Waals surface area (Å²) in [6.07, 6.45) is 0. The Labute approximate surface area is 283 Å². The smallest absolute Gasteiger partial charge is 0.297 e. The molecule has 0 amide bonds. The average molecular weight is 626 g/mol. The Bertz CT molecular complexity index is 2690. The molecule has 4 nitrogen and oxygen atoms in total. The summed E-state index contributed by atoms with van der Waals surface area (Å²) in [5.74, 6) is 0. The van der Waals surface area contributed by atoms with Crippen LogP contribution in [0.4, 0.5) is 34.1 Å². The molecule has 0 unspecified atom stereocenters. The van der Waals surface area contributed by atoms with Crippen LogP contribution in [0.25, 0.3) is 38.5 Å². The predicted octanol–water partition coefficient (Wildman–Crippen LogP) is 9.61. The van der Waals surface area contributed by atoms with E-state index in [-0.39, 0.29) is 6.71 Å². The fourth-order valence-electron chi connectivity index (χ4n) is 8.39. The predicted molar refractivity (Wildman–Crippen MR) is 205 cm³/mol. The van der Waals surface area contributed by atoms with Crippen molar-refractivity contribution in [2.24, 2.45) is 0 Å². The zero-order chi connectivity index (χ0) is 32.1. The molecule has 9 aromatic rings. The maximum absolute atomic E-state index is 6.94. The van der Waals surface area contributed by atoms with Crippen molar-refractivity contribution in [2.45, 2.75) is 0 Å². The molecular formula is C44H28BN3O. The number of hydrogen-bond acceptors (Lipinski definition) is 3. The van der Waals surface area contributed by atoms with E-state index >= 15 is 0 Å². The lowest BCUT2D eigenvalue weighted by atomic mass is 9.35. The van der Waals surface area contributed by atoms with Crippen molar-refractivity contribution in [1.29, 1.82) is 0 Å². The minimum absolute atomic E-state index is 0.0873. The molecule has 5 heteroatoms. The van der Waals surface area contributed by atoms with Gasteiger partial charge in [0.05, 0.1) is 22.4 Å². The van der Waals surface area contributed by atoms with Crippen LogP contribution in [0, 0.1) is 0 Å². The summed E-state index contributed by atoms with van der Waals surface area (Å²) >= 11 is 0. The van der Waals surface area contributed by atoms with Gasteiger partial charge in [-0.3, -0.25) is 0 Å². The van der Waals surface area contributed by atoms with Gasteiger partial charge in [-0.25, -0.2) is 0 Å². The topological polar surface area (TPSA) is 24.6 Å². The first-order valence-electron chi connectivity index (χ1n) is 16.8. The second kappa shape index (κ2) is 10.0. The van der Waals surface area contributed by atoms with Gasteiger partial charge in [-0.15, -0.1) is 0 Å². The average Bonchev–Trinajstić information content (AvgIpc) is 3.72. The highest BCUT2D eigenvalue weighted by atomic mass is 16.3. The molecule has 2 aliphatic heterocycles. The first kappa shape index (κ1) is 26.6. The minimum Gasteiger partial charge on any atom is -0.468 e. The summed E-state index contributed by atoms with van der Waals surface area (Å²) in [6, 6.07) is 61.1. The molecule has 0 bridgehead atoms.